The fraction of sp³-hybridized carbons (Fsp3) is 0.667. The predicted molar refractivity (Wildman–Crippen MR) is 78.2 cm³/mol. The van der Waals surface area contributed by atoms with Crippen molar-refractivity contribution in [1.29, 1.82) is 0 Å². The van der Waals surface area contributed by atoms with Gasteiger partial charge < -0.3 is 10.1 Å². The molecule has 0 aromatic carbocycles. The molecule has 3 aliphatic rings. The maximum Gasteiger partial charge on any atom is 0.194 e. The molecule has 5 heteroatoms. The summed E-state index contributed by atoms with van der Waals surface area (Å²) in [6, 6.07) is 0.546. The maximum absolute atomic E-state index is 5.93. The summed E-state index contributed by atoms with van der Waals surface area (Å²) in [5, 5.41) is 5.87. The molecular weight excluding hydrogens is 270 g/mol. The molecule has 3 fully saturated rings. The van der Waals surface area contributed by atoms with Crippen molar-refractivity contribution in [3.63, 3.8) is 0 Å². The summed E-state index contributed by atoms with van der Waals surface area (Å²) < 4.78 is 8.21. The van der Waals surface area contributed by atoms with Gasteiger partial charge in [0, 0.05) is 30.1 Å². The van der Waals surface area contributed by atoms with Crippen LogP contribution in [0.3, 0.4) is 0 Å². The van der Waals surface area contributed by atoms with Crippen molar-refractivity contribution in [2.45, 2.75) is 62.8 Å². The van der Waals surface area contributed by atoms with Crippen LogP contribution in [0, 0.1) is 0 Å². The van der Waals surface area contributed by atoms with Gasteiger partial charge in [0.1, 0.15) is 0 Å². The number of nitrogens with one attached hydrogen (secondary N) is 1. The average molecular weight is 289 g/mol. The third-order valence-electron chi connectivity index (χ3n) is 4.99. The first-order valence-corrected chi connectivity index (χ1v) is 8.59. The lowest BCUT2D eigenvalue weighted by Crippen LogP contribution is -2.37. The van der Waals surface area contributed by atoms with Crippen LogP contribution in [-0.2, 0) is 11.3 Å². The van der Waals surface area contributed by atoms with Crippen molar-refractivity contribution in [2.24, 2.45) is 0 Å². The predicted octanol–water partition coefficient (Wildman–Crippen LogP) is 2.68. The monoisotopic (exact) mass is 289 g/mol. The van der Waals surface area contributed by atoms with Gasteiger partial charge in [-0.15, -0.1) is 11.3 Å². The zero-order chi connectivity index (χ0) is 13.1. The minimum Gasteiger partial charge on any atom is -0.373 e. The Balaban J connectivity index is 1.39. The minimum atomic E-state index is 0.454. The van der Waals surface area contributed by atoms with E-state index in [4.69, 9.17) is 9.72 Å². The Labute approximate surface area is 122 Å². The van der Waals surface area contributed by atoms with Crippen molar-refractivity contribution >= 4 is 16.3 Å². The highest BCUT2D eigenvalue weighted by Gasteiger charge is 2.40. The van der Waals surface area contributed by atoms with Crippen molar-refractivity contribution in [2.75, 3.05) is 0 Å². The Morgan fingerprint density at radius 1 is 1.35 bits per heavy atom. The van der Waals surface area contributed by atoms with Crippen LogP contribution in [0.25, 0.3) is 4.96 Å². The van der Waals surface area contributed by atoms with Gasteiger partial charge in [-0.25, -0.2) is 4.98 Å². The van der Waals surface area contributed by atoms with Crippen LogP contribution in [0.4, 0.5) is 0 Å². The SMILES string of the molecule is c1cn2c(CN[C@H]3C[C@H]4CC[C@H]3O4)c(C3CC3)nc2s1. The second-order valence-corrected chi connectivity index (χ2v) is 7.24. The van der Waals surface area contributed by atoms with Crippen molar-refractivity contribution in [3.05, 3.63) is 23.0 Å². The summed E-state index contributed by atoms with van der Waals surface area (Å²) in [4.78, 5) is 5.98. The number of aromatic nitrogens is 2. The molecule has 1 saturated carbocycles. The molecule has 0 spiro atoms. The van der Waals surface area contributed by atoms with Gasteiger partial charge in [-0.1, -0.05) is 0 Å². The Kier molecular flexibility index (Phi) is 2.51. The smallest absolute Gasteiger partial charge is 0.194 e. The highest BCUT2D eigenvalue weighted by atomic mass is 32.1. The van der Waals surface area contributed by atoms with E-state index >= 15 is 0 Å². The molecule has 0 radical (unpaired) electrons. The number of nitrogens with zero attached hydrogens (tertiary/aromatic N) is 2. The number of thiazole rings is 1. The molecule has 20 heavy (non-hydrogen) atoms. The van der Waals surface area contributed by atoms with Gasteiger partial charge in [-0.05, 0) is 32.1 Å². The third kappa shape index (κ3) is 1.76. The second-order valence-electron chi connectivity index (χ2n) is 6.37. The van der Waals surface area contributed by atoms with Gasteiger partial charge >= 0.3 is 0 Å². The van der Waals surface area contributed by atoms with Gasteiger partial charge in [-0.3, -0.25) is 4.40 Å². The van der Waals surface area contributed by atoms with Crippen LogP contribution in [0.15, 0.2) is 11.6 Å². The molecule has 2 saturated heterocycles. The number of ether oxygens (including phenoxy) is 1. The fourth-order valence-electron chi connectivity index (χ4n) is 3.79. The molecule has 3 atom stereocenters. The molecule has 2 aromatic rings. The first kappa shape index (κ1) is 11.7. The van der Waals surface area contributed by atoms with Crippen LogP contribution in [0.5, 0.6) is 0 Å². The molecule has 4 heterocycles. The topological polar surface area (TPSA) is 38.6 Å². The van der Waals surface area contributed by atoms with E-state index in [-0.39, 0.29) is 0 Å². The molecule has 2 bridgehead atoms. The van der Waals surface area contributed by atoms with E-state index < -0.39 is 0 Å². The van der Waals surface area contributed by atoms with E-state index in [1.165, 1.54) is 43.5 Å². The Morgan fingerprint density at radius 2 is 2.30 bits per heavy atom. The van der Waals surface area contributed by atoms with E-state index in [1.807, 2.05) is 0 Å². The maximum atomic E-state index is 5.93. The quantitative estimate of drug-likeness (QED) is 0.940. The van der Waals surface area contributed by atoms with E-state index in [9.17, 15) is 0 Å². The summed E-state index contributed by atoms with van der Waals surface area (Å²) in [6.45, 7) is 0.932. The van der Waals surface area contributed by atoms with Crippen LogP contribution in [0.2, 0.25) is 0 Å². The van der Waals surface area contributed by atoms with Gasteiger partial charge in [-0.2, -0.15) is 0 Å². The summed E-state index contributed by atoms with van der Waals surface area (Å²) in [7, 11) is 0. The molecule has 2 aromatic heterocycles. The molecule has 4 nitrogen and oxygen atoms in total. The first-order valence-electron chi connectivity index (χ1n) is 7.71. The summed E-state index contributed by atoms with van der Waals surface area (Å²) >= 11 is 1.74. The minimum absolute atomic E-state index is 0.454. The zero-order valence-electron chi connectivity index (χ0n) is 11.4. The fourth-order valence-corrected chi connectivity index (χ4v) is 4.53. The molecular formula is C15H19N3OS. The molecule has 1 N–H and O–H groups in total. The normalized spacial score (nSPS) is 32.5. The van der Waals surface area contributed by atoms with Gasteiger partial charge in [0.15, 0.2) is 4.96 Å². The highest BCUT2D eigenvalue weighted by Crippen LogP contribution is 2.42. The molecule has 2 aliphatic heterocycles. The third-order valence-corrected chi connectivity index (χ3v) is 5.75. The highest BCUT2D eigenvalue weighted by molar-refractivity contribution is 7.15. The summed E-state index contributed by atoms with van der Waals surface area (Å²) in [5.74, 6) is 0.718. The summed E-state index contributed by atoms with van der Waals surface area (Å²) in [6.07, 6.45) is 9.45. The van der Waals surface area contributed by atoms with Crippen molar-refractivity contribution in [3.8, 4) is 0 Å². The van der Waals surface area contributed by atoms with E-state index in [0.717, 1.165) is 17.4 Å². The number of hydrogen-bond acceptors (Lipinski definition) is 4. The zero-order valence-corrected chi connectivity index (χ0v) is 12.2. The Hall–Kier alpha value is -0.910. The summed E-state index contributed by atoms with van der Waals surface area (Å²) in [5.41, 5.74) is 2.72. The second kappa shape index (κ2) is 4.29. The van der Waals surface area contributed by atoms with Crippen molar-refractivity contribution < 1.29 is 4.74 Å². The Bertz CT molecular complexity index is 645. The lowest BCUT2D eigenvalue weighted by atomic mass is 9.95. The lowest BCUT2D eigenvalue weighted by molar-refractivity contribution is 0.0972. The molecule has 0 amide bonds. The van der Waals surface area contributed by atoms with Gasteiger partial charge in [0.2, 0.25) is 0 Å². The molecule has 0 unspecified atom stereocenters. The Morgan fingerprint density at radius 3 is 3.05 bits per heavy atom. The number of imidazole rings is 1. The molecule has 1 aliphatic carbocycles. The van der Waals surface area contributed by atoms with Crippen LogP contribution in [0.1, 0.15) is 49.4 Å². The largest absolute Gasteiger partial charge is 0.373 e. The number of hydrogen-bond donors (Lipinski definition) is 1. The number of fused-ring (bicyclic) bond motifs is 3. The van der Waals surface area contributed by atoms with Crippen LogP contribution in [-0.4, -0.2) is 27.6 Å². The average Bonchev–Trinajstić information content (AvgIpc) is 2.84. The van der Waals surface area contributed by atoms with E-state index in [0.29, 0.717) is 18.2 Å². The standard InChI is InChI=1S/C15H19N3OS/c1-2-9(1)14-12(18-5-6-20-15(18)17-14)8-16-11-7-10-3-4-13(11)19-10/h5-6,9-11,13,16H,1-4,7-8H2/t10-,11+,13-/m1/s1. The van der Waals surface area contributed by atoms with Gasteiger partial charge in [0.25, 0.3) is 0 Å². The molecule has 106 valence electrons. The lowest BCUT2D eigenvalue weighted by Gasteiger charge is -2.20. The van der Waals surface area contributed by atoms with Crippen LogP contribution >= 0.6 is 11.3 Å². The van der Waals surface area contributed by atoms with Crippen molar-refractivity contribution in [1.82, 2.24) is 14.7 Å². The molecule has 5 rings (SSSR count). The van der Waals surface area contributed by atoms with E-state index in [1.54, 1.807) is 11.3 Å². The number of rotatable bonds is 4. The van der Waals surface area contributed by atoms with Crippen LogP contribution < -0.4 is 5.32 Å². The van der Waals surface area contributed by atoms with E-state index in [2.05, 4.69) is 21.3 Å². The first-order chi connectivity index (χ1) is 9.88. The van der Waals surface area contributed by atoms with Gasteiger partial charge in [0.05, 0.1) is 23.6 Å².